The van der Waals surface area contributed by atoms with Crippen molar-refractivity contribution in [3.05, 3.63) is 30.0 Å². The molecule has 0 saturated carbocycles. The molecule has 84 valence electrons. The number of aromatic nitrogens is 3. The lowest BCUT2D eigenvalue weighted by molar-refractivity contribution is 0.0953. The van der Waals surface area contributed by atoms with Crippen molar-refractivity contribution in [2.75, 3.05) is 0 Å². The van der Waals surface area contributed by atoms with E-state index in [1.807, 2.05) is 5.43 Å². The zero-order valence-electron chi connectivity index (χ0n) is 8.14. The number of nitrogen functional groups attached to an aromatic ring is 1. The Hall–Kier alpha value is -1.80. The largest absolute Gasteiger partial charge is 0.468 e. The molecule has 0 aromatic carbocycles. The molecule has 8 heteroatoms. The first kappa shape index (κ1) is 10.7. The Kier molecular flexibility index (Phi) is 3.22. The number of nitrogens with two attached hydrogens (primary N) is 1. The van der Waals surface area contributed by atoms with E-state index in [9.17, 15) is 4.79 Å². The molecule has 0 saturated heterocycles. The Morgan fingerprint density at radius 2 is 2.56 bits per heavy atom. The van der Waals surface area contributed by atoms with Crippen LogP contribution in [0.3, 0.4) is 0 Å². The van der Waals surface area contributed by atoms with Gasteiger partial charge in [0.15, 0.2) is 5.16 Å². The number of amides is 1. The van der Waals surface area contributed by atoms with Gasteiger partial charge in [0.1, 0.15) is 18.4 Å². The molecule has 2 aromatic heterocycles. The first-order valence-electron chi connectivity index (χ1n) is 4.36. The smallest absolute Gasteiger partial charge is 0.268 e. The van der Waals surface area contributed by atoms with Gasteiger partial charge in [-0.05, 0) is 6.07 Å². The van der Waals surface area contributed by atoms with Crippen molar-refractivity contribution in [1.82, 2.24) is 20.6 Å². The van der Waals surface area contributed by atoms with Crippen LogP contribution in [0.5, 0.6) is 0 Å². The molecule has 0 unspecified atom stereocenters. The van der Waals surface area contributed by atoms with E-state index in [4.69, 9.17) is 10.3 Å². The van der Waals surface area contributed by atoms with E-state index in [0.29, 0.717) is 22.2 Å². The van der Waals surface area contributed by atoms with Crippen molar-refractivity contribution in [1.29, 1.82) is 0 Å². The molecule has 2 heterocycles. The molecule has 1 amide bonds. The monoisotopic (exact) mass is 239 g/mol. The maximum absolute atomic E-state index is 11.1. The van der Waals surface area contributed by atoms with Crippen molar-refractivity contribution in [2.45, 2.75) is 10.9 Å². The number of hydrogen-bond donors (Lipinski definition) is 3. The van der Waals surface area contributed by atoms with Gasteiger partial charge in [0.2, 0.25) is 0 Å². The van der Waals surface area contributed by atoms with Crippen molar-refractivity contribution < 1.29 is 9.21 Å². The van der Waals surface area contributed by atoms with Gasteiger partial charge in [-0.25, -0.2) is 10.8 Å². The van der Waals surface area contributed by atoms with E-state index in [-0.39, 0.29) is 5.91 Å². The highest BCUT2D eigenvalue weighted by molar-refractivity contribution is 7.98. The summed E-state index contributed by atoms with van der Waals surface area (Å²) >= 11 is 1.43. The number of rotatable bonds is 4. The van der Waals surface area contributed by atoms with Crippen LogP contribution in [0.4, 0.5) is 0 Å². The average Bonchev–Trinajstić information content (AvgIpc) is 2.96. The SMILES string of the molecule is NNC(=O)c1coc(CSc2ncn[nH]2)c1. The van der Waals surface area contributed by atoms with Gasteiger partial charge in [-0.15, -0.1) is 0 Å². The molecule has 2 rings (SSSR count). The van der Waals surface area contributed by atoms with Gasteiger partial charge in [0.25, 0.3) is 5.91 Å². The van der Waals surface area contributed by atoms with Crippen LogP contribution in [0.2, 0.25) is 0 Å². The molecular weight excluding hydrogens is 230 g/mol. The van der Waals surface area contributed by atoms with E-state index < -0.39 is 0 Å². The van der Waals surface area contributed by atoms with Gasteiger partial charge in [-0.3, -0.25) is 15.3 Å². The predicted octanol–water partition coefficient (Wildman–Crippen LogP) is 0.293. The highest BCUT2D eigenvalue weighted by atomic mass is 32.2. The van der Waals surface area contributed by atoms with Crippen molar-refractivity contribution in [3.63, 3.8) is 0 Å². The standard InChI is InChI=1S/C8H9N5O2S/c9-12-7(14)5-1-6(15-2-5)3-16-8-10-4-11-13-8/h1-2,4H,3,9H2,(H,12,14)(H,10,11,13). The number of nitrogens with one attached hydrogen (secondary N) is 2. The van der Waals surface area contributed by atoms with Crippen LogP contribution >= 0.6 is 11.8 Å². The summed E-state index contributed by atoms with van der Waals surface area (Å²) < 4.78 is 5.19. The molecule has 0 atom stereocenters. The minimum absolute atomic E-state index is 0.375. The highest BCUT2D eigenvalue weighted by Gasteiger charge is 2.09. The summed E-state index contributed by atoms with van der Waals surface area (Å²) in [5, 5.41) is 7.12. The second kappa shape index (κ2) is 4.81. The van der Waals surface area contributed by atoms with Crippen molar-refractivity contribution >= 4 is 17.7 Å². The third-order valence-electron chi connectivity index (χ3n) is 1.79. The van der Waals surface area contributed by atoms with Crippen LogP contribution in [-0.2, 0) is 5.75 Å². The van der Waals surface area contributed by atoms with Crippen LogP contribution in [-0.4, -0.2) is 21.1 Å². The Bertz CT molecular complexity index is 466. The molecular formula is C8H9N5O2S. The first-order chi connectivity index (χ1) is 7.79. The lowest BCUT2D eigenvalue weighted by atomic mass is 10.3. The second-order valence-corrected chi connectivity index (χ2v) is 3.82. The van der Waals surface area contributed by atoms with Gasteiger partial charge >= 0.3 is 0 Å². The second-order valence-electron chi connectivity index (χ2n) is 2.85. The zero-order chi connectivity index (χ0) is 11.4. The molecule has 0 aliphatic carbocycles. The number of hydrazine groups is 1. The first-order valence-corrected chi connectivity index (χ1v) is 5.34. The number of carbonyl (C=O) groups is 1. The molecule has 0 bridgehead atoms. The van der Waals surface area contributed by atoms with E-state index in [2.05, 4.69) is 15.2 Å². The van der Waals surface area contributed by atoms with Gasteiger partial charge < -0.3 is 4.42 Å². The summed E-state index contributed by atoms with van der Waals surface area (Å²) in [6.07, 6.45) is 2.79. The van der Waals surface area contributed by atoms with E-state index >= 15 is 0 Å². The molecule has 0 aliphatic rings. The molecule has 2 aromatic rings. The Balaban J connectivity index is 1.95. The molecule has 0 radical (unpaired) electrons. The fourth-order valence-electron chi connectivity index (χ4n) is 1.06. The Morgan fingerprint density at radius 3 is 3.25 bits per heavy atom. The summed E-state index contributed by atoms with van der Waals surface area (Å²) in [6.45, 7) is 0. The van der Waals surface area contributed by atoms with Crippen LogP contribution < -0.4 is 11.3 Å². The Labute approximate surface area is 94.8 Å². The predicted molar refractivity (Wildman–Crippen MR) is 56.3 cm³/mol. The van der Waals surface area contributed by atoms with Crippen molar-refractivity contribution in [2.24, 2.45) is 5.84 Å². The Morgan fingerprint density at radius 1 is 1.69 bits per heavy atom. The zero-order valence-corrected chi connectivity index (χ0v) is 8.95. The maximum Gasteiger partial charge on any atom is 0.268 e. The third-order valence-corrected chi connectivity index (χ3v) is 2.69. The van der Waals surface area contributed by atoms with Crippen molar-refractivity contribution in [3.8, 4) is 0 Å². The van der Waals surface area contributed by atoms with Gasteiger partial charge in [0.05, 0.1) is 11.3 Å². The number of furan rings is 1. The van der Waals surface area contributed by atoms with E-state index in [0.717, 1.165) is 0 Å². The van der Waals surface area contributed by atoms with Crippen LogP contribution in [0.1, 0.15) is 16.1 Å². The average molecular weight is 239 g/mol. The van der Waals surface area contributed by atoms with Gasteiger partial charge in [-0.2, -0.15) is 5.10 Å². The molecule has 4 N–H and O–H groups in total. The number of H-pyrrole nitrogens is 1. The summed E-state index contributed by atoms with van der Waals surface area (Å²) in [5.41, 5.74) is 2.43. The van der Waals surface area contributed by atoms with E-state index in [1.165, 1.54) is 24.4 Å². The highest BCUT2D eigenvalue weighted by Crippen LogP contribution is 2.19. The lowest BCUT2D eigenvalue weighted by Crippen LogP contribution is -2.29. The third kappa shape index (κ3) is 2.41. The lowest BCUT2D eigenvalue weighted by Gasteiger charge is -1.92. The molecule has 7 nitrogen and oxygen atoms in total. The summed E-state index contributed by atoms with van der Waals surface area (Å²) in [6, 6.07) is 1.63. The van der Waals surface area contributed by atoms with E-state index in [1.54, 1.807) is 6.07 Å². The summed E-state index contributed by atoms with van der Waals surface area (Å²) in [5.74, 6) is 5.85. The van der Waals surface area contributed by atoms with Gasteiger partial charge in [-0.1, -0.05) is 11.8 Å². The fraction of sp³-hybridized carbons (Fsp3) is 0.125. The minimum atomic E-state index is -0.375. The normalized spacial score (nSPS) is 10.3. The fourth-order valence-corrected chi connectivity index (χ4v) is 1.73. The number of carbonyl (C=O) groups excluding carboxylic acids is 1. The molecule has 0 fully saturated rings. The van der Waals surface area contributed by atoms with Crippen LogP contribution in [0, 0.1) is 0 Å². The summed E-state index contributed by atoms with van der Waals surface area (Å²) in [4.78, 5) is 15.1. The van der Waals surface area contributed by atoms with Crippen LogP contribution in [0.15, 0.2) is 28.2 Å². The minimum Gasteiger partial charge on any atom is -0.468 e. The number of thioether (sulfide) groups is 1. The summed E-state index contributed by atoms with van der Waals surface area (Å²) in [7, 11) is 0. The van der Waals surface area contributed by atoms with Crippen LogP contribution in [0.25, 0.3) is 0 Å². The molecule has 0 aliphatic heterocycles. The molecule has 0 spiro atoms. The number of nitrogens with zero attached hydrogens (tertiary/aromatic N) is 2. The number of aromatic amines is 1. The molecule has 16 heavy (non-hydrogen) atoms. The van der Waals surface area contributed by atoms with Gasteiger partial charge in [0, 0.05) is 0 Å². The maximum atomic E-state index is 11.1. The quantitative estimate of drug-likeness (QED) is 0.306. The number of hydrogen-bond acceptors (Lipinski definition) is 6. The topological polar surface area (TPSA) is 110 Å².